The summed E-state index contributed by atoms with van der Waals surface area (Å²) in [7, 11) is 0. The van der Waals surface area contributed by atoms with Crippen LogP contribution in [0.4, 0.5) is 16.7 Å². The third-order valence-electron chi connectivity index (χ3n) is 6.14. The van der Waals surface area contributed by atoms with Crippen molar-refractivity contribution in [3.05, 3.63) is 51.0 Å². The molecule has 3 heterocycles. The monoisotopic (exact) mass is 456 g/mol. The van der Waals surface area contributed by atoms with Gasteiger partial charge in [-0.3, -0.25) is 4.79 Å². The number of rotatable bonds is 4. The van der Waals surface area contributed by atoms with Crippen LogP contribution in [0.15, 0.2) is 29.1 Å². The van der Waals surface area contributed by atoms with Crippen LogP contribution in [0, 0.1) is 6.92 Å². The topological polar surface area (TPSA) is 113 Å². The van der Waals surface area contributed by atoms with E-state index in [0.717, 1.165) is 5.39 Å². The van der Waals surface area contributed by atoms with Gasteiger partial charge in [-0.25, -0.2) is 9.69 Å². The number of ether oxygens (including phenoxy) is 1. The van der Waals surface area contributed by atoms with E-state index in [9.17, 15) is 9.59 Å². The van der Waals surface area contributed by atoms with Crippen LogP contribution in [0.1, 0.15) is 52.0 Å². The van der Waals surface area contributed by atoms with Crippen molar-refractivity contribution in [3.8, 4) is 0 Å². The van der Waals surface area contributed by atoms with Crippen molar-refractivity contribution in [2.75, 3.05) is 10.2 Å². The molecular weight excluding hydrogens is 432 g/mol. The summed E-state index contributed by atoms with van der Waals surface area (Å²) in [5.74, 6) is 0.864. The molecule has 1 aromatic carbocycles. The Morgan fingerprint density at radius 1 is 1.12 bits per heavy atom. The number of nitrogens with zero attached hydrogens (tertiary/aromatic N) is 4. The molecule has 32 heavy (non-hydrogen) atoms. The number of aromatic nitrogens is 4. The molecule has 1 amide bonds. The van der Waals surface area contributed by atoms with Crippen LogP contribution in [-0.4, -0.2) is 37.2 Å². The minimum absolute atomic E-state index is 0.187. The van der Waals surface area contributed by atoms with Gasteiger partial charge in [0.05, 0.1) is 11.6 Å². The molecule has 168 valence electrons. The highest BCUT2D eigenvalue weighted by molar-refractivity contribution is 6.31. The van der Waals surface area contributed by atoms with Crippen LogP contribution in [-0.2, 0) is 4.74 Å². The standard InChI is InChI=1S/C22H25ClN6O3/c1-11(15-10-13-9-14(23)7-8-16(13)27-17(15)30)24-18-25-12(2)26-19(28-18)29-20(31)32-22(5,6)21(29,3)4/h7-11H,1-6H3,(H,27,30)(H,24,25,26,28)/t11-/m0/s1. The highest BCUT2D eigenvalue weighted by Gasteiger charge is 2.56. The second kappa shape index (κ2) is 7.44. The molecule has 0 aliphatic carbocycles. The molecule has 0 spiro atoms. The number of cyclic esters (lactones) is 1. The molecule has 1 aliphatic heterocycles. The number of hydrogen-bond acceptors (Lipinski definition) is 7. The lowest BCUT2D eigenvalue weighted by Gasteiger charge is -2.35. The zero-order chi connectivity index (χ0) is 23.4. The number of benzene rings is 1. The summed E-state index contributed by atoms with van der Waals surface area (Å²) in [5, 5.41) is 4.55. The van der Waals surface area contributed by atoms with E-state index in [-0.39, 0.29) is 17.5 Å². The summed E-state index contributed by atoms with van der Waals surface area (Å²) in [4.78, 5) is 42.7. The number of aryl methyl sites for hydroxylation is 1. The predicted octanol–water partition coefficient (Wildman–Crippen LogP) is 4.36. The third kappa shape index (κ3) is 3.66. The number of pyridine rings is 1. The van der Waals surface area contributed by atoms with Crippen LogP contribution in [0.5, 0.6) is 0 Å². The molecule has 0 unspecified atom stereocenters. The summed E-state index contributed by atoms with van der Waals surface area (Å²) < 4.78 is 5.54. The highest BCUT2D eigenvalue weighted by atomic mass is 35.5. The zero-order valence-electron chi connectivity index (χ0n) is 18.8. The number of aromatic amines is 1. The van der Waals surface area contributed by atoms with Gasteiger partial charge in [0, 0.05) is 21.5 Å². The minimum atomic E-state index is -0.731. The maximum Gasteiger partial charge on any atom is 0.417 e. The molecule has 1 fully saturated rings. The number of carbonyl (C=O) groups is 1. The van der Waals surface area contributed by atoms with Crippen molar-refractivity contribution in [1.29, 1.82) is 0 Å². The van der Waals surface area contributed by atoms with Crippen LogP contribution >= 0.6 is 11.6 Å². The maximum atomic E-state index is 12.6. The molecule has 2 N–H and O–H groups in total. The van der Waals surface area contributed by atoms with Gasteiger partial charge in [0.15, 0.2) is 0 Å². The van der Waals surface area contributed by atoms with Crippen molar-refractivity contribution in [3.63, 3.8) is 0 Å². The van der Waals surface area contributed by atoms with E-state index in [0.29, 0.717) is 21.9 Å². The molecule has 0 radical (unpaired) electrons. The first-order valence-electron chi connectivity index (χ1n) is 10.2. The first-order chi connectivity index (χ1) is 14.9. The summed E-state index contributed by atoms with van der Waals surface area (Å²) in [6, 6.07) is 6.64. The van der Waals surface area contributed by atoms with Crippen molar-refractivity contribution in [2.45, 2.75) is 58.7 Å². The Balaban J connectivity index is 1.68. The van der Waals surface area contributed by atoms with Gasteiger partial charge in [-0.1, -0.05) is 11.6 Å². The number of halogens is 1. The zero-order valence-corrected chi connectivity index (χ0v) is 19.5. The first-order valence-corrected chi connectivity index (χ1v) is 10.6. The number of H-pyrrole nitrogens is 1. The van der Waals surface area contributed by atoms with Crippen molar-refractivity contribution < 1.29 is 9.53 Å². The predicted molar refractivity (Wildman–Crippen MR) is 123 cm³/mol. The SMILES string of the molecule is Cc1nc(N[C@@H](C)c2cc3cc(Cl)ccc3[nH]c2=O)nc(N2C(=O)OC(C)(C)C2(C)C)n1. The van der Waals surface area contributed by atoms with Gasteiger partial charge in [0.2, 0.25) is 11.9 Å². The molecule has 4 rings (SSSR count). The van der Waals surface area contributed by atoms with Crippen molar-refractivity contribution in [2.24, 2.45) is 0 Å². The van der Waals surface area contributed by atoms with E-state index >= 15 is 0 Å². The van der Waals surface area contributed by atoms with Gasteiger partial charge < -0.3 is 15.0 Å². The lowest BCUT2D eigenvalue weighted by molar-refractivity contribution is 0.0458. The number of nitrogens with one attached hydrogen (secondary N) is 2. The number of hydrogen-bond donors (Lipinski definition) is 2. The number of anilines is 2. The van der Waals surface area contributed by atoms with Gasteiger partial charge in [-0.05, 0) is 65.8 Å². The maximum absolute atomic E-state index is 12.6. The fourth-order valence-electron chi connectivity index (χ4n) is 3.64. The molecular formula is C22H25ClN6O3. The highest BCUT2D eigenvalue weighted by Crippen LogP contribution is 2.40. The largest absolute Gasteiger partial charge is 0.441 e. The fourth-order valence-corrected chi connectivity index (χ4v) is 3.82. The minimum Gasteiger partial charge on any atom is -0.441 e. The Kier molecular flexibility index (Phi) is 5.12. The van der Waals surface area contributed by atoms with Crippen molar-refractivity contribution in [1.82, 2.24) is 19.9 Å². The molecule has 0 saturated carbocycles. The van der Waals surface area contributed by atoms with Gasteiger partial charge in [0.1, 0.15) is 11.4 Å². The summed E-state index contributed by atoms with van der Waals surface area (Å²) in [5.41, 5.74) is -0.440. The Morgan fingerprint density at radius 3 is 2.50 bits per heavy atom. The summed E-state index contributed by atoms with van der Waals surface area (Å²) in [6.07, 6.45) is -0.521. The molecule has 9 nitrogen and oxygen atoms in total. The molecule has 10 heteroatoms. The van der Waals surface area contributed by atoms with E-state index in [1.165, 1.54) is 4.90 Å². The number of carbonyl (C=O) groups excluding carboxylic acids is 1. The van der Waals surface area contributed by atoms with Gasteiger partial charge in [0.25, 0.3) is 5.56 Å². The summed E-state index contributed by atoms with van der Waals surface area (Å²) in [6.45, 7) is 11.0. The van der Waals surface area contributed by atoms with Gasteiger partial charge >= 0.3 is 6.09 Å². The smallest absolute Gasteiger partial charge is 0.417 e. The Labute approximate surface area is 190 Å². The lowest BCUT2D eigenvalue weighted by Crippen LogP contribution is -2.52. The van der Waals surface area contributed by atoms with Crippen LogP contribution in [0.25, 0.3) is 10.9 Å². The first kappa shape index (κ1) is 22.0. The average molecular weight is 457 g/mol. The Bertz CT molecular complexity index is 1290. The number of amides is 1. The molecule has 1 atom stereocenters. The Morgan fingerprint density at radius 2 is 1.84 bits per heavy atom. The molecule has 3 aromatic rings. The van der Waals surface area contributed by atoms with E-state index in [1.807, 2.05) is 34.6 Å². The van der Waals surface area contributed by atoms with Gasteiger partial charge in [-0.2, -0.15) is 15.0 Å². The molecule has 1 saturated heterocycles. The summed E-state index contributed by atoms with van der Waals surface area (Å²) >= 11 is 6.10. The lowest BCUT2D eigenvalue weighted by atomic mass is 9.86. The fraction of sp³-hybridized carbons (Fsp3) is 0.409. The molecule has 1 aliphatic rings. The van der Waals surface area contributed by atoms with E-state index in [2.05, 4.69) is 25.3 Å². The second-order valence-corrected chi connectivity index (χ2v) is 9.37. The van der Waals surface area contributed by atoms with Crippen molar-refractivity contribution >= 4 is 40.5 Å². The van der Waals surface area contributed by atoms with E-state index < -0.39 is 23.3 Å². The van der Waals surface area contributed by atoms with Gasteiger partial charge in [-0.15, -0.1) is 0 Å². The average Bonchev–Trinajstić information content (AvgIpc) is 2.83. The normalized spacial score (nSPS) is 18.0. The molecule has 2 aromatic heterocycles. The van der Waals surface area contributed by atoms with Crippen LogP contribution in [0.2, 0.25) is 5.02 Å². The number of fused-ring (bicyclic) bond motifs is 1. The third-order valence-corrected chi connectivity index (χ3v) is 6.38. The van der Waals surface area contributed by atoms with Crippen LogP contribution in [0.3, 0.4) is 0 Å². The Hall–Kier alpha value is -3.20. The van der Waals surface area contributed by atoms with E-state index in [1.54, 1.807) is 31.2 Å². The van der Waals surface area contributed by atoms with E-state index in [4.69, 9.17) is 16.3 Å². The molecule has 0 bridgehead atoms. The van der Waals surface area contributed by atoms with Crippen LogP contribution < -0.4 is 15.8 Å². The second-order valence-electron chi connectivity index (χ2n) is 8.93. The quantitative estimate of drug-likeness (QED) is 0.599.